The molecule has 0 saturated carbocycles. The van der Waals surface area contributed by atoms with Crippen LogP contribution < -0.4 is 5.32 Å². The topological polar surface area (TPSA) is 24.9 Å². The summed E-state index contributed by atoms with van der Waals surface area (Å²) in [5.74, 6) is -0.420. The minimum absolute atomic E-state index is 0.115. The number of aromatic nitrogens is 1. The largest absolute Gasteiger partial charge is 0.380 e. The van der Waals surface area contributed by atoms with Gasteiger partial charge >= 0.3 is 0 Å². The second kappa shape index (κ2) is 5.87. The molecule has 1 aromatic heterocycles. The smallest absolute Gasteiger partial charge is 0.143 e. The molecule has 0 aliphatic carbocycles. The van der Waals surface area contributed by atoms with Crippen LogP contribution in [0.1, 0.15) is 5.56 Å². The number of halogens is 4. The first kappa shape index (κ1) is 13.6. The zero-order chi connectivity index (χ0) is 13.1. The van der Waals surface area contributed by atoms with E-state index in [1.54, 1.807) is 18.3 Å². The van der Waals surface area contributed by atoms with Gasteiger partial charge in [0.05, 0.1) is 21.4 Å². The molecule has 1 N–H and O–H groups in total. The van der Waals surface area contributed by atoms with Gasteiger partial charge in [0.2, 0.25) is 0 Å². The van der Waals surface area contributed by atoms with E-state index in [1.165, 1.54) is 6.07 Å². The maximum absolute atomic E-state index is 13.0. The monoisotopic (exact) mass is 348 g/mol. The van der Waals surface area contributed by atoms with Crippen molar-refractivity contribution in [1.82, 2.24) is 4.98 Å². The highest BCUT2D eigenvalue weighted by Crippen LogP contribution is 2.23. The summed E-state index contributed by atoms with van der Waals surface area (Å²) < 4.78 is 13.7. The molecule has 0 atom stereocenters. The molecule has 0 unspecified atom stereocenters. The van der Waals surface area contributed by atoms with E-state index >= 15 is 0 Å². The molecule has 94 valence electrons. The van der Waals surface area contributed by atoms with E-state index in [-0.39, 0.29) is 5.02 Å². The Bertz CT molecular complexity index is 526. The van der Waals surface area contributed by atoms with Crippen LogP contribution in [0.4, 0.5) is 10.1 Å². The fourth-order valence-corrected chi connectivity index (χ4v) is 2.03. The molecule has 0 aliphatic heterocycles. The Kier molecular flexibility index (Phi) is 4.43. The van der Waals surface area contributed by atoms with E-state index in [0.29, 0.717) is 16.2 Å². The number of hydrogen-bond donors (Lipinski definition) is 1. The van der Waals surface area contributed by atoms with Crippen molar-refractivity contribution in [2.75, 3.05) is 5.32 Å². The second-order valence-corrected chi connectivity index (χ2v) is 5.22. The molecule has 0 fully saturated rings. The highest BCUT2D eigenvalue weighted by atomic mass is 79.9. The van der Waals surface area contributed by atoms with Crippen LogP contribution in [-0.4, -0.2) is 4.98 Å². The van der Waals surface area contributed by atoms with Gasteiger partial charge < -0.3 is 5.32 Å². The molecular formula is C12H8BrCl2FN2. The van der Waals surface area contributed by atoms with Gasteiger partial charge in [-0.2, -0.15) is 0 Å². The minimum Gasteiger partial charge on any atom is -0.380 e. The quantitative estimate of drug-likeness (QED) is 0.797. The normalized spacial score (nSPS) is 10.4. The maximum Gasteiger partial charge on any atom is 0.143 e. The molecule has 1 heterocycles. The first-order valence-corrected chi connectivity index (χ1v) is 6.60. The summed E-state index contributed by atoms with van der Waals surface area (Å²) in [5, 5.41) is 3.67. The van der Waals surface area contributed by atoms with E-state index in [2.05, 4.69) is 26.2 Å². The number of hydrogen-bond acceptors (Lipinski definition) is 2. The van der Waals surface area contributed by atoms with Crippen LogP contribution in [0.15, 0.2) is 34.9 Å². The highest BCUT2D eigenvalue weighted by molar-refractivity contribution is 9.10. The fourth-order valence-electron chi connectivity index (χ4n) is 1.37. The summed E-state index contributed by atoms with van der Waals surface area (Å²) in [4.78, 5) is 3.99. The number of nitrogens with one attached hydrogen (secondary N) is 1. The summed E-state index contributed by atoms with van der Waals surface area (Å²) in [7, 11) is 0. The molecule has 0 bridgehead atoms. The third-order valence-corrected chi connectivity index (χ3v) is 3.70. The Morgan fingerprint density at radius 2 is 2.06 bits per heavy atom. The van der Waals surface area contributed by atoms with Gasteiger partial charge in [0.25, 0.3) is 0 Å². The molecule has 0 radical (unpaired) electrons. The van der Waals surface area contributed by atoms with Crippen molar-refractivity contribution in [2.45, 2.75) is 6.54 Å². The van der Waals surface area contributed by atoms with Gasteiger partial charge in [-0.25, -0.2) is 9.37 Å². The number of nitrogens with zero attached hydrogens (tertiary/aromatic N) is 1. The van der Waals surface area contributed by atoms with Gasteiger partial charge in [-0.1, -0.05) is 29.3 Å². The molecule has 18 heavy (non-hydrogen) atoms. The molecule has 1 aromatic carbocycles. The van der Waals surface area contributed by atoms with Crippen molar-refractivity contribution in [1.29, 1.82) is 0 Å². The van der Waals surface area contributed by atoms with E-state index < -0.39 is 5.82 Å². The van der Waals surface area contributed by atoms with Crippen molar-refractivity contribution >= 4 is 44.8 Å². The van der Waals surface area contributed by atoms with Gasteiger partial charge in [-0.15, -0.1) is 0 Å². The van der Waals surface area contributed by atoms with Crippen LogP contribution in [-0.2, 0) is 6.54 Å². The summed E-state index contributed by atoms with van der Waals surface area (Å²) in [6.07, 6.45) is 1.62. The fraction of sp³-hybridized carbons (Fsp3) is 0.0833. The Balaban J connectivity index is 2.06. The highest BCUT2D eigenvalue weighted by Gasteiger charge is 2.03. The predicted molar refractivity (Wildman–Crippen MR) is 75.7 cm³/mol. The van der Waals surface area contributed by atoms with Gasteiger partial charge in [-0.05, 0) is 39.7 Å². The molecule has 6 heteroatoms. The molecule has 2 aromatic rings. The van der Waals surface area contributed by atoms with E-state index in [0.717, 1.165) is 11.3 Å². The third-order valence-electron chi connectivity index (χ3n) is 2.28. The molecule has 0 amide bonds. The van der Waals surface area contributed by atoms with Crippen LogP contribution in [0.25, 0.3) is 0 Å². The Morgan fingerprint density at radius 3 is 2.72 bits per heavy atom. The van der Waals surface area contributed by atoms with Crippen molar-refractivity contribution in [3.8, 4) is 0 Å². The van der Waals surface area contributed by atoms with Crippen LogP contribution >= 0.6 is 39.1 Å². The molecule has 2 rings (SSSR count). The standard InChI is InChI=1S/C12H8BrCl2FN2/c13-9-4-8(6-18-12(9)15)17-5-7-1-2-11(16)10(14)3-7/h1-4,6,17H,5H2. The van der Waals surface area contributed by atoms with Crippen molar-refractivity contribution in [3.63, 3.8) is 0 Å². The number of benzene rings is 1. The summed E-state index contributed by atoms with van der Waals surface area (Å²) in [6, 6.07) is 6.42. The number of pyridine rings is 1. The van der Waals surface area contributed by atoms with Crippen LogP contribution in [0, 0.1) is 5.82 Å². The first-order chi connectivity index (χ1) is 8.56. The first-order valence-electron chi connectivity index (χ1n) is 5.05. The Morgan fingerprint density at radius 1 is 1.28 bits per heavy atom. The van der Waals surface area contributed by atoms with Gasteiger partial charge in [-0.3, -0.25) is 0 Å². The molecule has 0 aliphatic rings. The average Bonchev–Trinajstić information content (AvgIpc) is 2.35. The van der Waals surface area contributed by atoms with Crippen LogP contribution in [0.2, 0.25) is 10.2 Å². The van der Waals surface area contributed by atoms with E-state index in [9.17, 15) is 4.39 Å². The number of rotatable bonds is 3. The Hall–Kier alpha value is -0.840. The van der Waals surface area contributed by atoms with Gasteiger partial charge in [0, 0.05) is 6.54 Å². The SMILES string of the molecule is Fc1ccc(CNc2cnc(Cl)c(Br)c2)cc1Cl. The van der Waals surface area contributed by atoms with E-state index in [1.807, 2.05) is 6.07 Å². The van der Waals surface area contributed by atoms with Gasteiger partial charge in [0.15, 0.2) is 0 Å². The third kappa shape index (κ3) is 3.34. The summed E-state index contributed by atoms with van der Waals surface area (Å²) >= 11 is 14.8. The van der Waals surface area contributed by atoms with Crippen molar-refractivity contribution < 1.29 is 4.39 Å². The lowest BCUT2D eigenvalue weighted by Gasteiger charge is -2.07. The molecule has 0 spiro atoms. The van der Waals surface area contributed by atoms with E-state index in [4.69, 9.17) is 23.2 Å². The van der Waals surface area contributed by atoms with Crippen molar-refractivity contribution in [3.05, 3.63) is 56.5 Å². The molecule has 0 saturated heterocycles. The second-order valence-electron chi connectivity index (χ2n) is 3.60. The van der Waals surface area contributed by atoms with Crippen molar-refractivity contribution in [2.24, 2.45) is 0 Å². The Labute approximate surface area is 122 Å². The van der Waals surface area contributed by atoms with Gasteiger partial charge in [0.1, 0.15) is 11.0 Å². The predicted octanol–water partition coefficient (Wildman–Crippen LogP) is 4.90. The zero-order valence-electron chi connectivity index (χ0n) is 9.05. The number of anilines is 1. The van der Waals surface area contributed by atoms with Crippen LogP contribution in [0.5, 0.6) is 0 Å². The summed E-state index contributed by atoms with van der Waals surface area (Å²) in [5.41, 5.74) is 1.69. The maximum atomic E-state index is 13.0. The molecule has 2 nitrogen and oxygen atoms in total. The molecular weight excluding hydrogens is 342 g/mol. The van der Waals surface area contributed by atoms with Crippen LogP contribution in [0.3, 0.4) is 0 Å². The lowest BCUT2D eigenvalue weighted by atomic mass is 10.2. The lowest BCUT2D eigenvalue weighted by Crippen LogP contribution is -2.00. The average molecular weight is 350 g/mol. The minimum atomic E-state index is -0.420. The summed E-state index contributed by atoms with van der Waals surface area (Å²) in [6.45, 7) is 0.524. The lowest BCUT2D eigenvalue weighted by molar-refractivity contribution is 0.627. The zero-order valence-corrected chi connectivity index (χ0v) is 12.2.